The molecule has 0 radical (unpaired) electrons. The number of hydrogen-bond donors (Lipinski definition) is 2. The standard InChI is InChI=1S/C15H22N4O5S/c1-10-8-13(18-24-10)17-15(21)14(20)16-9-11-4-6-19(7-5-11)25(22,23)12-2-3-12/h8,11-12H,2-7,9H2,1H3,(H,16,20)(H,17,18,21). The third kappa shape index (κ3) is 4.37. The van der Waals surface area contributed by atoms with Gasteiger partial charge in [-0.3, -0.25) is 14.9 Å². The number of anilines is 1. The Hall–Kier alpha value is -1.94. The molecule has 1 aliphatic heterocycles. The second-order valence-electron chi connectivity index (χ2n) is 6.57. The predicted molar refractivity (Wildman–Crippen MR) is 89.1 cm³/mol. The average molecular weight is 370 g/mol. The summed E-state index contributed by atoms with van der Waals surface area (Å²) in [4.78, 5) is 23.6. The van der Waals surface area contributed by atoms with Gasteiger partial charge in [0.15, 0.2) is 5.82 Å². The Labute approximate surface area is 146 Å². The molecule has 138 valence electrons. The summed E-state index contributed by atoms with van der Waals surface area (Å²) in [7, 11) is -3.12. The lowest BCUT2D eigenvalue weighted by atomic mass is 9.98. The van der Waals surface area contributed by atoms with Crippen LogP contribution in [-0.2, 0) is 19.6 Å². The molecule has 2 N–H and O–H groups in total. The minimum atomic E-state index is -3.12. The van der Waals surface area contributed by atoms with Crippen LogP contribution >= 0.6 is 0 Å². The van der Waals surface area contributed by atoms with Crippen LogP contribution in [0.15, 0.2) is 10.6 Å². The molecule has 2 fully saturated rings. The van der Waals surface area contributed by atoms with Crippen LogP contribution in [0.1, 0.15) is 31.4 Å². The predicted octanol–water partition coefficient (Wildman–Crippen LogP) is 0.242. The van der Waals surface area contributed by atoms with Gasteiger partial charge in [0.05, 0.1) is 5.25 Å². The van der Waals surface area contributed by atoms with E-state index in [2.05, 4.69) is 15.8 Å². The molecule has 0 spiro atoms. The van der Waals surface area contributed by atoms with Gasteiger partial charge < -0.3 is 9.84 Å². The average Bonchev–Trinajstić information content (AvgIpc) is 3.37. The van der Waals surface area contributed by atoms with Crippen LogP contribution in [-0.4, -0.2) is 54.6 Å². The summed E-state index contributed by atoms with van der Waals surface area (Å²) in [5, 5.41) is 8.35. The van der Waals surface area contributed by atoms with Gasteiger partial charge >= 0.3 is 11.8 Å². The number of sulfonamides is 1. The van der Waals surface area contributed by atoms with E-state index in [1.54, 1.807) is 11.2 Å². The Bertz CT molecular complexity index is 748. The second kappa shape index (κ2) is 7.12. The fourth-order valence-corrected chi connectivity index (χ4v) is 4.73. The van der Waals surface area contributed by atoms with Crippen molar-refractivity contribution >= 4 is 27.7 Å². The highest BCUT2D eigenvalue weighted by molar-refractivity contribution is 7.90. The van der Waals surface area contributed by atoms with Crippen LogP contribution in [0.25, 0.3) is 0 Å². The van der Waals surface area contributed by atoms with E-state index in [0.29, 0.717) is 38.2 Å². The van der Waals surface area contributed by atoms with Gasteiger partial charge in [0, 0.05) is 25.7 Å². The van der Waals surface area contributed by atoms with Crippen LogP contribution in [0.5, 0.6) is 0 Å². The Morgan fingerprint density at radius 2 is 1.92 bits per heavy atom. The number of hydrogen-bond acceptors (Lipinski definition) is 6. The van der Waals surface area contributed by atoms with E-state index in [9.17, 15) is 18.0 Å². The molecule has 2 aliphatic rings. The summed E-state index contributed by atoms with van der Waals surface area (Å²) in [6.45, 7) is 2.98. The summed E-state index contributed by atoms with van der Waals surface area (Å²) >= 11 is 0. The molecule has 1 saturated heterocycles. The van der Waals surface area contributed by atoms with Gasteiger partial charge in [0.1, 0.15) is 5.76 Å². The third-order valence-electron chi connectivity index (χ3n) is 4.51. The van der Waals surface area contributed by atoms with Gasteiger partial charge in [-0.05, 0) is 38.5 Å². The van der Waals surface area contributed by atoms with Crippen molar-refractivity contribution in [1.29, 1.82) is 0 Å². The molecule has 1 aromatic rings. The van der Waals surface area contributed by atoms with E-state index in [0.717, 1.165) is 12.8 Å². The Morgan fingerprint density at radius 3 is 2.48 bits per heavy atom. The molecule has 3 rings (SSSR count). The molecule has 2 amide bonds. The summed E-state index contributed by atoms with van der Waals surface area (Å²) in [6.07, 6.45) is 2.88. The van der Waals surface area contributed by atoms with Gasteiger partial charge in [-0.15, -0.1) is 0 Å². The van der Waals surface area contributed by atoms with Crippen LogP contribution < -0.4 is 10.6 Å². The Kier molecular flexibility index (Phi) is 5.09. The van der Waals surface area contributed by atoms with Crippen molar-refractivity contribution in [3.05, 3.63) is 11.8 Å². The third-order valence-corrected chi connectivity index (χ3v) is 6.90. The van der Waals surface area contributed by atoms with E-state index in [-0.39, 0.29) is 17.0 Å². The van der Waals surface area contributed by atoms with E-state index in [4.69, 9.17) is 4.52 Å². The maximum atomic E-state index is 12.2. The maximum Gasteiger partial charge on any atom is 0.314 e. The largest absolute Gasteiger partial charge is 0.360 e. The highest BCUT2D eigenvalue weighted by atomic mass is 32.2. The molecule has 1 saturated carbocycles. The smallest absolute Gasteiger partial charge is 0.314 e. The molecule has 1 aliphatic carbocycles. The number of carbonyl (C=O) groups excluding carboxylic acids is 2. The molecular weight excluding hydrogens is 348 g/mol. The molecule has 2 heterocycles. The lowest BCUT2D eigenvalue weighted by Gasteiger charge is -2.31. The lowest BCUT2D eigenvalue weighted by Crippen LogP contribution is -2.44. The summed E-state index contributed by atoms with van der Waals surface area (Å²) in [5.41, 5.74) is 0. The summed E-state index contributed by atoms with van der Waals surface area (Å²) in [6, 6.07) is 1.52. The molecule has 1 aromatic heterocycles. The number of amides is 2. The molecule has 0 bridgehead atoms. The number of piperidine rings is 1. The van der Waals surface area contributed by atoms with Crippen LogP contribution in [0.4, 0.5) is 5.82 Å². The first-order valence-corrected chi connectivity index (χ1v) is 9.88. The van der Waals surface area contributed by atoms with Crippen LogP contribution in [0, 0.1) is 12.8 Å². The van der Waals surface area contributed by atoms with Crippen molar-refractivity contribution in [2.75, 3.05) is 25.0 Å². The van der Waals surface area contributed by atoms with Gasteiger partial charge in [-0.25, -0.2) is 12.7 Å². The molecule has 0 unspecified atom stereocenters. The molecule has 9 nitrogen and oxygen atoms in total. The second-order valence-corrected chi connectivity index (χ2v) is 8.79. The van der Waals surface area contributed by atoms with Crippen molar-refractivity contribution < 1.29 is 22.5 Å². The fourth-order valence-electron chi connectivity index (χ4n) is 2.86. The summed E-state index contributed by atoms with van der Waals surface area (Å²) < 4.78 is 30.7. The van der Waals surface area contributed by atoms with Crippen molar-refractivity contribution in [3.8, 4) is 0 Å². The maximum absolute atomic E-state index is 12.2. The van der Waals surface area contributed by atoms with Crippen molar-refractivity contribution in [2.24, 2.45) is 5.92 Å². The minimum Gasteiger partial charge on any atom is -0.360 e. The first-order valence-electron chi connectivity index (χ1n) is 8.37. The highest BCUT2D eigenvalue weighted by Gasteiger charge is 2.41. The molecule has 0 aromatic carbocycles. The first kappa shape index (κ1) is 17.9. The van der Waals surface area contributed by atoms with E-state index < -0.39 is 21.8 Å². The quantitative estimate of drug-likeness (QED) is 0.716. The number of nitrogens with one attached hydrogen (secondary N) is 2. The zero-order valence-electron chi connectivity index (χ0n) is 14.0. The van der Waals surface area contributed by atoms with Gasteiger partial charge in [0.2, 0.25) is 10.0 Å². The SMILES string of the molecule is Cc1cc(NC(=O)C(=O)NCC2CCN(S(=O)(=O)C3CC3)CC2)no1. The Morgan fingerprint density at radius 1 is 1.24 bits per heavy atom. The van der Waals surface area contributed by atoms with Crippen LogP contribution in [0.2, 0.25) is 0 Å². The van der Waals surface area contributed by atoms with Gasteiger partial charge in [-0.2, -0.15) is 0 Å². The normalized spacial score (nSPS) is 19.6. The lowest BCUT2D eigenvalue weighted by molar-refractivity contribution is -0.136. The molecular formula is C15H22N4O5S. The monoisotopic (exact) mass is 370 g/mol. The molecule has 25 heavy (non-hydrogen) atoms. The zero-order chi connectivity index (χ0) is 18.0. The van der Waals surface area contributed by atoms with Gasteiger partial charge in [0.25, 0.3) is 0 Å². The number of nitrogens with zero attached hydrogens (tertiary/aromatic N) is 2. The highest BCUT2D eigenvalue weighted by Crippen LogP contribution is 2.33. The van der Waals surface area contributed by atoms with Gasteiger partial charge in [-0.1, -0.05) is 5.16 Å². The number of aryl methyl sites for hydroxylation is 1. The van der Waals surface area contributed by atoms with Crippen molar-refractivity contribution in [3.63, 3.8) is 0 Å². The molecule has 10 heteroatoms. The topological polar surface area (TPSA) is 122 Å². The van der Waals surface area contributed by atoms with Crippen LogP contribution in [0.3, 0.4) is 0 Å². The number of rotatable bonds is 5. The van der Waals surface area contributed by atoms with Crippen molar-refractivity contribution in [2.45, 2.75) is 37.9 Å². The minimum absolute atomic E-state index is 0.164. The van der Waals surface area contributed by atoms with E-state index >= 15 is 0 Å². The number of carbonyl (C=O) groups is 2. The van der Waals surface area contributed by atoms with Crippen molar-refractivity contribution in [1.82, 2.24) is 14.8 Å². The van der Waals surface area contributed by atoms with E-state index in [1.165, 1.54) is 6.07 Å². The summed E-state index contributed by atoms with van der Waals surface area (Å²) in [5.74, 6) is -0.660. The first-order chi connectivity index (χ1) is 11.9. The zero-order valence-corrected chi connectivity index (χ0v) is 14.8. The Balaban J connectivity index is 1.40. The number of aromatic nitrogens is 1. The fraction of sp³-hybridized carbons (Fsp3) is 0.667. The molecule has 0 atom stereocenters. The van der Waals surface area contributed by atoms with E-state index in [1.807, 2.05) is 0 Å².